The molecule has 0 saturated carbocycles. The molecule has 0 atom stereocenters. The maximum Gasteiger partial charge on any atom is 0.271 e. The zero-order valence-corrected chi connectivity index (χ0v) is 15.5. The molecule has 0 unspecified atom stereocenters. The van der Waals surface area contributed by atoms with Crippen LogP contribution in [0.4, 0.5) is 0 Å². The van der Waals surface area contributed by atoms with Crippen LogP contribution in [0.5, 0.6) is 11.6 Å². The Morgan fingerprint density at radius 1 is 1.41 bits per heavy atom. The molecule has 0 saturated heterocycles. The van der Waals surface area contributed by atoms with Crippen molar-refractivity contribution in [2.45, 2.75) is 33.2 Å². The van der Waals surface area contributed by atoms with Gasteiger partial charge in [0.05, 0.1) is 17.7 Å². The van der Waals surface area contributed by atoms with Crippen LogP contribution in [0.2, 0.25) is 0 Å². The van der Waals surface area contributed by atoms with Crippen LogP contribution in [0.1, 0.15) is 46.8 Å². The van der Waals surface area contributed by atoms with E-state index in [-0.39, 0.29) is 28.8 Å². The maximum atomic E-state index is 13.2. The molecule has 1 N–H and O–H groups in total. The lowest BCUT2D eigenvalue weighted by Gasteiger charge is -2.16. The van der Waals surface area contributed by atoms with Crippen molar-refractivity contribution in [3.8, 4) is 17.7 Å². The number of benzene rings is 1. The molecule has 0 spiro atoms. The van der Waals surface area contributed by atoms with Crippen molar-refractivity contribution in [2.24, 2.45) is 0 Å². The van der Waals surface area contributed by atoms with Crippen molar-refractivity contribution in [3.05, 3.63) is 69.5 Å². The zero-order valence-electron chi connectivity index (χ0n) is 15.5. The van der Waals surface area contributed by atoms with Crippen LogP contribution < -0.4 is 10.3 Å². The van der Waals surface area contributed by atoms with E-state index in [1.807, 2.05) is 13.0 Å². The Bertz CT molecular complexity index is 967. The molecule has 0 bridgehead atoms. The smallest absolute Gasteiger partial charge is 0.271 e. The molecular formula is C21H22N2O4. The van der Waals surface area contributed by atoms with Gasteiger partial charge in [0.1, 0.15) is 17.4 Å². The summed E-state index contributed by atoms with van der Waals surface area (Å²) in [6.07, 6.45) is 3.21. The summed E-state index contributed by atoms with van der Waals surface area (Å²) < 4.78 is 6.67. The van der Waals surface area contributed by atoms with Gasteiger partial charge in [-0.15, -0.1) is 6.58 Å². The number of nitrogens with zero attached hydrogens (tertiary/aromatic N) is 2. The normalized spacial score (nSPS) is 10.3. The Morgan fingerprint density at radius 3 is 2.74 bits per heavy atom. The van der Waals surface area contributed by atoms with Crippen LogP contribution in [0.3, 0.4) is 0 Å². The molecule has 0 amide bonds. The van der Waals surface area contributed by atoms with Gasteiger partial charge in [-0.1, -0.05) is 31.6 Å². The molecule has 2 rings (SSSR count). The molecule has 6 heteroatoms. The van der Waals surface area contributed by atoms with Gasteiger partial charge in [0, 0.05) is 6.54 Å². The SMILES string of the molecule is C=CCn1c(O)c(C(=O)c2ccccc2OCCCC)c(C)c(C#N)c1=O. The first-order chi connectivity index (χ1) is 13.0. The summed E-state index contributed by atoms with van der Waals surface area (Å²) in [6, 6.07) is 8.55. The lowest BCUT2D eigenvalue weighted by Crippen LogP contribution is -2.26. The van der Waals surface area contributed by atoms with E-state index in [1.54, 1.807) is 24.3 Å². The predicted octanol–water partition coefficient (Wildman–Crippen LogP) is 3.33. The predicted molar refractivity (Wildman–Crippen MR) is 102 cm³/mol. The third-order valence-corrected chi connectivity index (χ3v) is 4.23. The minimum absolute atomic E-state index is 0.0193. The molecule has 0 radical (unpaired) electrons. The number of allylic oxidation sites excluding steroid dienone is 1. The molecule has 1 heterocycles. The number of rotatable bonds is 8. The quantitative estimate of drug-likeness (QED) is 0.439. The second kappa shape index (κ2) is 8.86. The standard InChI is InChI=1S/C21H22N2O4/c1-4-6-12-27-17-10-8-7-9-15(17)19(24)18-14(3)16(13-22)20(25)23(11-5-2)21(18)26/h5,7-10,26H,2,4,6,11-12H2,1,3H3. The van der Waals surface area contributed by atoms with Crippen molar-refractivity contribution in [2.75, 3.05) is 6.61 Å². The largest absolute Gasteiger partial charge is 0.494 e. The van der Waals surface area contributed by atoms with Crippen LogP contribution in [0.15, 0.2) is 41.7 Å². The molecule has 1 aromatic carbocycles. The van der Waals surface area contributed by atoms with Gasteiger partial charge in [0.25, 0.3) is 5.56 Å². The maximum absolute atomic E-state index is 13.2. The van der Waals surface area contributed by atoms with Gasteiger partial charge in [-0.2, -0.15) is 5.26 Å². The van der Waals surface area contributed by atoms with E-state index in [1.165, 1.54) is 13.0 Å². The Kier molecular flexibility index (Phi) is 6.56. The lowest BCUT2D eigenvalue weighted by molar-refractivity contribution is 0.103. The molecule has 0 aliphatic rings. The van der Waals surface area contributed by atoms with Gasteiger partial charge in [-0.05, 0) is 31.0 Å². The number of hydrogen-bond acceptors (Lipinski definition) is 5. The number of aromatic hydroxyl groups is 1. The number of pyridine rings is 1. The van der Waals surface area contributed by atoms with E-state index in [0.717, 1.165) is 17.4 Å². The monoisotopic (exact) mass is 366 g/mol. The summed E-state index contributed by atoms with van der Waals surface area (Å²) in [5.74, 6) is -0.592. The number of ether oxygens (including phenoxy) is 1. The Morgan fingerprint density at radius 2 is 2.11 bits per heavy atom. The number of ketones is 1. The first kappa shape index (κ1) is 20.0. The molecule has 2 aromatic rings. The highest BCUT2D eigenvalue weighted by atomic mass is 16.5. The number of hydrogen-bond donors (Lipinski definition) is 1. The lowest BCUT2D eigenvalue weighted by atomic mass is 9.96. The first-order valence-corrected chi connectivity index (χ1v) is 8.71. The number of unbranched alkanes of at least 4 members (excludes halogenated alkanes) is 1. The van der Waals surface area contributed by atoms with Gasteiger partial charge >= 0.3 is 0 Å². The summed E-state index contributed by atoms with van der Waals surface area (Å²) in [4.78, 5) is 25.6. The summed E-state index contributed by atoms with van der Waals surface area (Å²) in [5, 5.41) is 19.9. The molecule has 27 heavy (non-hydrogen) atoms. The first-order valence-electron chi connectivity index (χ1n) is 8.71. The average Bonchev–Trinajstić information content (AvgIpc) is 2.66. The van der Waals surface area contributed by atoms with E-state index >= 15 is 0 Å². The van der Waals surface area contributed by atoms with E-state index < -0.39 is 17.2 Å². The second-order valence-corrected chi connectivity index (χ2v) is 6.04. The highest BCUT2D eigenvalue weighted by molar-refractivity contribution is 6.13. The second-order valence-electron chi connectivity index (χ2n) is 6.04. The highest BCUT2D eigenvalue weighted by Crippen LogP contribution is 2.29. The molecule has 140 valence electrons. The highest BCUT2D eigenvalue weighted by Gasteiger charge is 2.26. The topological polar surface area (TPSA) is 92.3 Å². The van der Waals surface area contributed by atoms with Crippen LogP contribution in [-0.2, 0) is 6.54 Å². The van der Waals surface area contributed by atoms with E-state index in [4.69, 9.17) is 4.74 Å². The molecule has 0 aliphatic carbocycles. The van der Waals surface area contributed by atoms with Crippen molar-refractivity contribution in [1.29, 1.82) is 5.26 Å². The Labute approximate surface area is 158 Å². The van der Waals surface area contributed by atoms with Crippen LogP contribution in [0, 0.1) is 18.3 Å². The summed E-state index contributed by atoms with van der Waals surface area (Å²) in [7, 11) is 0. The number of aromatic nitrogens is 1. The fourth-order valence-electron chi connectivity index (χ4n) is 2.76. The summed E-state index contributed by atoms with van der Waals surface area (Å²) >= 11 is 0. The van der Waals surface area contributed by atoms with Crippen molar-refractivity contribution in [1.82, 2.24) is 4.57 Å². The van der Waals surface area contributed by atoms with E-state index in [9.17, 15) is 20.0 Å². The molecule has 0 fully saturated rings. The molecule has 6 nitrogen and oxygen atoms in total. The van der Waals surface area contributed by atoms with E-state index in [0.29, 0.717) is 12.4 Å². The number of para-hydroxylation sites is 1. The fourth-order valence-corrected chi connectivity index (χ4v) is 2.76. The molecular weight excluding hydrogens is 344 g/mol. The minimum Gasteiger partial charge on any atom is -0.494 e. The number of nitriles is 1. The third-order valence-electron chi connectivity index (χ3n) is 4.23. The van der Waals surface area contributed by atoms with Gasteiger partial charge in [-0.3, -0.25) is 14.2 Å². The Balaban J connectivity index is 2.64. The molecule has 0 aliphatic heterocycles. The van der Waals surface area contributed by atoms with Gasteiger partial charge in [0.2, 0.25) is 11.7 Å². The van der Waals surface area contributed by atoms with Crippen molar-refractivity contribution in [3.63, 3.8) is 0 Å². The van der Waals surface area contributed by atoms with Crippen molar-refractivity contribution < 1.29 is 14.6 Å². The van der Waals surface area contributed by atoms with Crippen LogP contribution in [-0.4, -0.2) is 22.1 Å². The molecule has 1 aromatic heterocycles. The van der Waals surface area contributed by atoms with E-state index in [2.05, 4.69) is 6.58 Å². The minimum atomic E-state index is -0.656. The van der Waals surface area contributed by atoms with Gasteiger partial charge in [0.15, 0.2) is 0 Å². The third kappa shape index (κ3) is 3.93. The fraction of sp³-hybridized carbons (Fsp3) is 0.286. The van der Waals surface area contributed by atoms with Crippen LogP contribution >= 0.6 is 0 Å². The summed E-state index contributed by atoms with van der Waals surface area (Å²) in [5.41, 5.74) is -0.508. The Hall–Kier alpha value is -3.33. The number of carbonyl (C=O) groups excluding carboxylic acids is 1. The summed E-state index contributed by atoms with van der Waals surface area (Å²) in [6.45, 7) is 7.50. The van der Waals surface area contributed by atoms with Gasteiger partial charge in [-0.25, -0.2) is 0 Å². The average molecular weight is 366 g/mol. The van der Waals surface area contributed by atoms with Gasteiger partial charge < -0.3 is 9.84 Å². The zero-order chi connectivity index (χ0) is 20.0. The number of carbonyl (C=O) groups is 1. The van der Waals surface area contributed by atoms with Crippen LogP contribution in [0.25, 0.3) is 0 Å². The van der Waals surface area contributed by atoms with Crippen molar-refractivity contribution >= 4 is 5.78 Å².